The molecule has 1 aromatic heterocycles. The molecule has 0 saturated carbocycles. The van der Waals surface area contributed by atoms with E-state index in [0.717, 1.165) is 37.3 Å². The van der Waals surface area contributed by atoms with E-state index in [-0.39, 0.29) is 23.0 Å². The highest BCUT2D eigenvalue weighted by atomic mass is 32.2. The minimum atomic E-state index is -3.23. The quantitative estimate of drug-likeness (QED) is 0.422. The van der Waals surface area contributed by atoms with Gasteiger partial charge in [-0.1, -0.05) is 44.2 Å². The largest absolute Gasteiger partial charge is 0.326 e. The lowest BCUT2D eigenvalue weighted by atomic mass is 10.1. The number of carbonyl (C=O) groups is 1. The average Bonchev–Trinajstić information content (AvgIpc) is 3.29. The van der Waals surface area contributed by atoms with Gasteiger partial charge in [0.25, 0.3) is 0 Å². The molecule has 1 N–H and O–H groups in total. The van der Waals surface area contributed by atoms with Gasteiger partial charge in [-0.25, -0.2) is 8.42 Å². The SMILES string of the molecule is CCCN(Cc1ccc(NC(=O)Cc2ccc(S(=O)(=O)CC)cc2)cc1)Cc1cccs1. The Labute approximate surface area is 195 Å². The smallest absolute Gasteiger partial charge is 0.228 e. The molecule has 5 nitrogen and oxygen atoms in total. The molecule has 0 fully saturated rings. The molecule has 0 radical (unpaired) electrons. The number of hydrogen-bond donors (Lipinski definition) is 1. The average molecular weight is 471 g/mol. The summed E-state index contributed by atoms with van der Waals surface area (Å²) in [6.07, 6.45) is 1.30. The van der Waals surface area contributed by atoms with Gasteiger partial charge in [-0.05, 0) is 59.8 Å². The van der Waals surface area contributed by atoms with E-state index in [9.17, 15) is 13.2 Å². The van der Waals surface area contributed by atoms with Gasteiger partial charge in [0.15, 0.2) is 9.84 Å². The summed E-state index contributed by atoms with van der Waals surface area (Å²) in [5.41, 5.74) is 2.74. The fourth-order valence-corrected chi connectivity index (χ4v) is 5.11. The molecule has 3 aromatic rings. The molecule has 3 rings (SSSR count). The van der Waals surface area contributed by atoms with Gasteiger partial charge in [-0.3, -0.25) is 9.69 Å². The van der Waals surface area contributed by atoms with Crippen LogP contribution in [0.15, 0.2) is 70.9 Å². The molecule has 0 bridgehead atoms. The number of nitrogens with one attached hydrogen (secondary N) is 1. The first kappa shape index (κ1) is 24.2. The van der Waals surface area contributed by atoms with E-state index in [0.29, 0.717) is 0 Å². The molecular weight excluding hydrogens is 440 g/mol. The van der Waals surface area contributed by atoms with Crippen molar-refractivity contribution in [1.29, 1.82) is 0 Å². The number of hydrogen-bond acceptors (Lipinski definition) is 5. The van der Waals surface area contributed by atoms with Gasteiger partial charge in [0, 0.05) is 23.7 Å². The Bertz CT molecular complexity index is 1090. The lowest BCUT2D eigenvalue weighted by Crippen LogP contribution is -2.23. The Hall–Kier alpha value is -2.48. The van der Waals surface area contributed by atoms with Crippen LogP contribution in [-0.2, 0) is 34.1 Å². The van der Waals surface area contributed by atoms with Crippen LogP contribution in [0.2, 0.25) is 0 Å². The second-order valence-electron chi connectivity index (χ2n) is 7.76. The first-order chi connectivity index (χ1) is 15.4. The van der Waals surface area contributed by atoms with E-state index >= 15 is 0 Å². The van der Waals surface area contributed by atoms with Crippen molar-refractivity contribution in [1.82, 2.24) is 4.90 Å². The normalized spacial score (nSPS) is 11.6. The highest BCUT2D eigenvalue weighted by molar-refractivity contribution is 7.91. The summed E-state index contributed by atoms with van der Waals surface area (Å²) < 4.78 is 23.8. The van der Waals surface area contributed by atoms with Crippen molar-refractivity contribution in [2.75, 3.05) is 17.6 Å². The Morgan fingerprint density at radius 1 is 0.938 bits per heavy atom. The van der Waals surface area contributed by atoms with Gasteiger partial charge < -0.3 is 5.32 Å². The highest BCUT2D eigenvalue weighted by Gasteiger charge is 2.12. The maximum atomic E-state index is 12.4. The summed E-state index contributed by atoms with van der Waals surface area (Å²) in [7, 11) is -3.23. The topological polar surface area (TPSA) is 66.5 Å². The Morgan fingerprint density at radius 2 is 1.62 bits per heavy atom. The standard InChI is InChI=1S/C25H30N2O3S2/c1-3-15-27(19-23-6-5-16-31-23)18-21-7-11-22(12-8-21)26-25(28)17-20-9-13-24(14-10-20)32(29,30)4-2/h5-14,16H,3-4,15,17-19H2,1-2H3,(H,26,28). The minimum absolute atomic E-state index is 0.0626. The van der Waals surface area contributed by atoms with Crippen molar-refractivity contribution in [3.8, 4) is 0 Å². The van der Waals surface area contributed by atoms with Crippen molar-refractivity contribution >= 4 is 32.8 Å². The summed E-state index contributed by atoms with van der Waals surface area (Å²) in [6, 6.07) is 18.7. The van der Waals surface area contributed by atoms with Crippen LogP contribution < -0.4 is 5.32 Å². The monoisotopic (exact) mass is 470 g/mol. The zero-order valence-electron chi connectivity index (χ0n) is 18.6. The van der Waals surface area contributed by atoms with Crippen LogP contribution in [0, 0.1) is 0 Å². The molecule has 0 aliphatic rings. The minimum Gasteiger partial charge on any atom is -0.326 e. The lowest BCUT2D eigenvalue weighted by molar-refractivity contribution is -0.115. The summed E-state index contributed by atoms with van der Waals surface area (Å²) in [5.74, 6) is -0.0678. The zero-order chi connectivity index (χ0) is 23.0. The fourth-order valence-electron chi connectivity index (χ4n) is 3.48. The Morgan fingerprint density at radius 3 is 2.22 bits per heavy atom. The number of anilines is 1. The number of thiophene rings is 1. The summed E-state index contributed by atoms with van der Waals surface area (Å²) in [4.78, 5) is 16.5. The van der Waals surface area contributed by atoms with Crippen LogP contribution in [0.3, 0.4) is 0 Å². The predicted molar refractivity (Wildman–Crippen MR) is 132 cm³/mol. The number of benzene rings is 2. The first-order valence-corrected chi connectivity index (χ1v) is 13.4. The van der Waals surface area contributed by atoms with E-state index in [1.54, 1.807) is 42.5 Å². The van der Waals surface area contributed by atoms with Crippen molar-refractivity contribution in [2.45, 2.75) is 44.7 Å². The van der Waals surface area contributed by atoms with Gasteiger partial charge >= 0.3 is 0 Å². The van der Waals surface area contributed by atoms with Gasteiger partial charge in [-0.15, -0.1) is 11.3 Å². The van der Waals surface area contributed by atoms with Crippen LogP contribution in [0.25, 0.3) is 0 Å². The highest BCUT2D eigenvalue weighted by Crippen LogP contribution is 2.17. The molecule has 170 valence electrons. The number of amides is 1. The molecule has 32 heavy (non-hydrogen) atoms. The summed E-state index contributed by atoms with van der Waals surface area (Å²) >= 11 is 1.78. The van der Waals surface area contributed by atoms with Crippen LogP contribution in [0.5, 0.6) is 0 Å². The van der Waals surface area contributed by atoms with Crippen LogP contribution in [-0.4, -0.2) is 31.5 Å². The molecule has 1 heterocycles. The van der Waals surface area contributed by atoms with Crippen molar-refractivity contribution in [2.24, 2.45) is 0 Å². The van der Waals surface area contributed by atoms with E-state index in [2.05, 4.69) is 46.8 Å². The number of sulfone groups is 1. The van der Waals surface area contributed by atoms with Gasteiger partial charge in [0.2, 0.25) is 5.91 Å². The molecule has 0 aliphatic heterocycles. The predicted octanol–water partition coefficient (Wildman–Crippen LogP) is 5.14. The second-order valence-corrected chi connectivity index (χ2v) is 11.1. The van der Waals surface area contributed by atoms with Crippen molar-refractivity contribution in [3.05, 3.63) is 82.0 Å². The molecule has 0 saturated heterocycles. The van der Waals surface area contributed by atoms with Crippen molar-refractivity contribution < 1.29 is 13.2 Å². The molecule has 7 heteroatoms. The second kappa shape index (κ2) is 11.4. The van der Waals surface area contributed by atoms with Gasteiger partial charge in [0.1, 0.15) is 0 Å². The summed E-state index contributed by atoms with van der Waals surface area (Å²) in [5, 5.41) is 5.03. The Kier molecular flexibility index (Phi) is 8.61. The van der Waals surface area contributed by atoms with E-state index in [1.807, 2.05) is 12.1 Å². The van der Waals surface area contributed by atoms with Crippen molar-refractivity contribution in [3.63, 3.8) is 0 Å². The molecule has 0 atom stereocenters. The third-order valence-corrected chi connectivity index (χ3v) is 7.78. The molecule has 0 unspecified atom stereocenters. The number of nitrogens with zero attached hydrogens (tertiary/aromatic N) is 1. The first-order valence-electron chi connectivity index (χ1n) is 10.8. The van der Waals surface area contributed by atoms with E-state index in [1.165, 1.54) is 10.4 Å². The van der Waals surface area contributed by atoms with Crippen LogP contribution in [0.4, 0.5) is 5.69 Å². The maximum absolute atomic E-state index is 12.4. The molecule has 2 aromatic carbocycles. The van der Waals surface area contributed by atoms with E-state index in [4.69, 9.17) is 0 Å². The third kappa shape index (κ3) is 7.02. The lowest BCUT2D eigenvalue weighted by Gasteiger charge is -2.21. The van der Waals surface area contributed by atoms with Gasteiger partial charge in [0.05, 0.1) is 17.1 Å². The summed E-state index contributed by atoms with van der Waals surface area (Å²) in [6.45, 7) is 6.66. The molecular formula is C25H30N2O3S2. The van der Waals surface area contributed by atoms with Crippen LogP contribution in [0.1, 0.15) is 36.3 Å². The number of carbonyl (C=O) groups excluding carboxylic acids is 1. The Balaban J connectivity index is 1.54. The third-order valence-electron chi connectivity index (χ3n) is 5.17. The fraction of sp³-hybridized carbons (Fsp3) is 0.320. The molecule has 0 aliphatic carbocycles. The zero-order valence-corrected chi connectivity index (χ0v) is 20.2. The van der Waals surface area contributed by atoms with E-state index < -0.39 is 9.84 Å². The van der Waals surface area contributed by atoms with Gasteiger partial charge in [-0.2, -0.15) is 0 Å². The molecule has 1 amide bonds. The maximum Gasteiger partial charge on any atom is 0.228 e. The molecule has 0 spiro atoms. The number of rotatable bonds is 11. The van der Waals surface area contributed by atoms with Crippen LogP contribution >= 0.6 is 11.3 Å².